The van der Waals surface area contributed by atoms with Crippen molar-refractivity contribution in [3.8, 4) is 5.75 Å². The Morgan fingerprint density at radius 2 is 2.14 bits per heavy atom. The van der Waals surface area contributed by atoms with E-state index in [4.69, 9.17) is 4.74 Å². The number of benzene rings is 1. The van der Waals surface area contributed by atoms with E-state index in [9.17, 15) is 4.79 Å². The molecule has 0 aliphatic heterocycles. The van der Waals surface area contributed by atoms with Gasteiger partial charge in [-0.05, 0) is 47.8 Å². The zero-order valence-electron chi connectivity index (χ0n) is 12.0. The summed E-state index contributed by atoms with van der Waals surface area (Å²) >= 11 is 7.01. The quantitative estimate of drug-likeness (QED) is 0.635. The molecule has 1 aliphatic carbocycles. The van der Waals surface area contributed by atoms with Gasteiger partial charge in [-0.25, -0.2) is 0 Å². The maximum atomic E-state index is 11.6. The summed E-state index contributed by atoms with van der Waals surface area (Å²) in [7, 11) is 0. The van der Waals surface area contributed by atoms with Gasteiger partial charge >= 0.3 is 0 Å². The second kappa shape index (κ2) is 8.15. The van der Waals surface area contributed by atoms with E-state index in [1.165, 1.54) is 0 Å². The highest BCUT2D eigenvalue weighted by molar-refractivity contribution is 9.11. The van der Waals surface area contributed by atoms with Gasteiger partial charge in [0.05, 0.1) is 11.1 Å². The molecule has 0 spiro atoms. The molecule has 0 atom stereocenters. The molecule has 1 aromatic rings. The van der Waals surface area contributed by atoms with E-state index in [0.29, 0.717) is 32.2 Å². The zero-order valence-corrected chi connectivity index (χ0v) is 15.2. The van der Waals surface area contributed by atoms with Gasteiger partial charge in [-0.2, -0.15) is 0 Å². The average Bonchev–Trinajstić information content (AvgIpc) is 3.22. The molecule has 0 aromatic heterocycles. The van der Waals surface area contributed by atoms with Gasteiger partial charge in [0.25, 0.3) is 0 Å². The molecule has 1 aromatic carbocycles. The molecule has 1 amide bonds. The van der Waals surface area contributed by atoms with Crippen molar-refractivity contribution in [2.24, 2.45) is 0 Å². The molecule has 0 saturated heterocycles. The van der Waals surface area contributed by atoms with Gasteiger partial charge in [0, 0.05) is 35.6 Å². The number of hydrogen-bond donors (Lipinski definition) is 2. The molecule has 21 heavy (non-hydrogen) atoms. The molecule has 116 valence electrons. The summed E-state index contributed by atoms with van der Waals surface area (Å²) < 4.78 is 7.61. The van der Waals surface area contributed by atoms with Gasteiger partial charge in [-0.3, -0.25) is 4.79 Å². The lowest BCUT2D eigenvalue weighted by Crippen LogP contribution is -2.29. The molecule has 6 heteroatoms. The highest BCUT2D eigenvalue weighted by Gasteiger charge is 2.22. The number of carbonyl (C=O) groups is 1. The number of amides is 1. The van der Waals surface area contributed by atoms with Crippen LogP contribution in [-0.4, -0.2) is 25.1 Å². The van der Waals surface area contributed by atoms with Crippen molar-refractivity contribution in [2.75, 3.05) is 13.2 Å². The number of hydrogen-bond acceptors (Lipinski definition) is 3. The van der Waals surface area contributed by atoms with E-state index < -0.39 is 0 Å². The zero-order chi connectivity index (χ0) is 15.2. The van der Waals surface area contributed by atoms with E-state index >= 15 is 0 Å². The minimum Gasteiger partial charge on any atom is -0.492 e. The molecular weight excluding hydrogens is 400 g/mol. The van der Waals surface area contributed by atoms with Crippen molar-refractivity contribution < 1.29 is 9.53 Å². The summed E-state index contributed by atoms with van der Waals surface area (Å²) in [6.07, 6.45) is 2.77. The van der Waals surface area contributed by atoms with Crippen molar-refractivity contribution in [3.05, 3.63) is 26.6 Å². The summed E-state index contributed by atoms with van der Waals surface area (Å²) in [6.45, 7) is 3.92. The van der Waals surface area contributed by atoms with Crippen molar-refractivity contribution in [3.63, 3.8) is 0 Å². The molecule has 0 unspecified atom stereocenters. The van der Waals surface area contributed by atoms with E-state index in [-0.39, 0.29) is 5.91 Å². The molecule has 0 radical (unpaired) electrons. The fourth-order valence-corrected chi connectivity index (χ4v) is 3.43. The van der Waals surface area contributed by atoms with Crippen LogP contribution in [0.15, 0.2) is 21.1 Å². The molecule has 1 saturated carbocycles. The molecule has 1 fully saturated rings. The lowest BCUT2D eigenvalue weighted by atomic mass is 10.2. The Hall–Kier alpha value is -0.590. The topological polar surface area (TPSA) is 50.4 Å². The number of carbonyl (C=O) groups excluding carboxylic acids is 1. The lowest BCUT2D eigenvalue weighted by molar-refractivity contribution is -0.121. The van der Waals surface area contributed by atoms with Crippen molar-refractivity contribution >= 4 is 37.8 Å². The normalized spacial score (nSPS) is 14.0. The summed E-state index contributed by atoms with van der Waals surface area (Å²) in [4.78, 5) is 11.6. The number of nitrogens with one attached hydrogen (secondary N) is 2. The predicted molar refractivity (Wildman–Crippen MR) is 90.5 cm³/mol. The molecular formula is C15H20Br2N2O2. The molecule has 1 aliphatic rings. The van der Waals surface area contributed by atoms with Crippen LogP contribution in [0.25, 0.3) is 0 Å². The van der Waals surface area contributed by atoms with Crippen LogP contribution in [0.3, 0.4) is 0 Å². The van der Waals surface area contributed by atoms with Gasteiger partial charge in [-0.15, -0.1) is 0 Å². The summed E-state index contributed by atoms with van der Waals surface area (Å²) in [5.74, 6) is 0.987. The van der Waals surface area contributed by atoms with E-state index in [1.54, 1.807) is 0 Å². The Labute approximate surface area is 142 Å². The van der Waals surface area contributed by atoms with Crippen molar-refractivity contribution in [1.82, 2.24) is 10.6 Å². The number of ether oxygens (including phenoxy) is 1. The number of halogens is 2. The van der Waals surface area contributed by atoms with Gasteiger partial charge in [0.15, 0.2) is 0 Å². The van der Waals surface area contributed by atoms with Crippen LogP contribution >= 0.6 is 31.9 Å². The molecule has 2 N–H and O–H groups in total. The highest BCUT2D eigenvalue weighted by atomic mass is 79.9. The van der Waals surface area contributed by atoms with Crippen LogP contribution in [0, 0.1) is 0 Å². The highest BCUT2D eigenvalue weighted by Crippen LogP contribution is 2.32. The second-order valence-corrected chi connectivity index (χ2v) is 6.85. The largest absolute Gasteiger partial charge is 0.492 e. The Balaban J connectivity index is 1.82. The van der Waals surface area contributed by atoms with Gasteiger partial charge in [0.2, 0.25) is 5.91 Å². The Kier molecular flexibility index (Phi) is 6.51. The van der Waals surface area contributed by atoms with Crippen LogP contribution < -0.4 is 15.4 Å². The van der Waals surface area contributed by atoms with Crippen LogP contribution in [0.5, 0.6) is 5.75 Å². The minimum absolute atomic E-state index is 0.130. The summed E-state index contributed by atoms with van der Waals surface area (Å²) in [6, 6.07) is 4.44. The van der Waals surface area contributed by atoms with Crippen LogP contribution in [0.1, 0.15) is 31.7 Å². The lowest BCUT2D eigenvalue weighted by Gasteiger charge is -2.13. The van der Waals surface area contributed by atoms with Crippen molar-refractivity contribution in [2.45, 2.75) is 38.8 Å². The van der Waals surface area contributed by atoms with Gasteiger partial charge in [0.1, 0.15) is 5.75 Å². The molecule has 4 nitrogen and oxygen atoms in total. The van der Waals surface area contributed by atoms with Crippen LogP contribution in [0.2, 0.25) is 0 Å². The third kappa shape index (κ3) is 5.60. The third-order valence-corrected chi connectivity index (χ3v) is 4.21. The third-order valence-electron chi connectivity index (χ3n) is 3.16. The smallest absolute Gasteiger partial charge is 0.221 e. The molecule has 0 bridgehead atoms. The summed E-state index contributed by atoms with van der Waals surface area (Å²) in [5.41, 5.74) is 1.07. The Morgan fingerprint density at radius 1 is 1.38 bits per heavy atom. The monoisotopic (exact) mass is 418 g/mol. The van der Waals surface area contributed by atoms with E-state index in [1.807, 2.05) is 19.1 Å². The van der Waals surface area contributed by atoms with Gasteiger partial charge in [-0.1, -0.05) is 15.9 Å². The van der Waals surface area contributed by atoms with Crippen LogP contribution in [-0.2, 0) is 11.3 Å². The minimum atomic E-state index is 0.130. The standard InChI is InChI=1S/C15H20Br2N2O2/c1-2-21-15-10(7-11(16)8-13(15)17)9-18-6-5-14(20)19-12-3-4-12/h7-8,12,18H,2-6,9H2,1H3,(H,19,20). The van der Waals surface area contributed by atoms with Crippen molar-refractivity contribution in [1.29, 1.82) is 0 Å². The Bertz CT molecular complexity index is 505. The predicted octanol–water partition coefficient (Wildman–Crippen LogP) is 3.37. The SMILES string of the molecule is CCOc1c(Br)cc(Br)cc1CNCCC(=O)NC1CC1. The van der Waals surface area contributed by atoms with E-state index in [0.717, 1.165) is 33.1 Å². The van der Waals surface area contributed by atoms with Gasteiger partial charge < -0.3 is 15.4 Å². The summed E-state index contributed by atoms with van der Waals surface area (Å²) in [5, 5.41) is 6.28. The maximum absolute atomic E-state index is 11.6. The first-order chi connectivity index (χ1) is 10.1. The first kappa shape index (κ1) is 16.8. The average molecular weight is 420 g/mol. The Morgan fingerprint density at radius 3 is 2.81 bits per heavy atom. The maximum Gasteiger partial charge on any atom is 0.221 e. The second-order valence-electron chi connectivity index (χ2n) is 5.08. The first-order valence-electron chi connectivity index (χ1n) is 7.21. The fourth-order valence-electron chi connectivity index (χ4n) is 2.00. The van der Waals surface area contributed by atoms with Crippen LogP contribution in [0.4, 0.5) is 0 Å². The first-order valence-corrected chi connectivity index (χ1v) is 8.79. The fraction of sp³-hybridized carbons (Fsp3) is 0.533. The number of rotatable bonds is 8. The molecule has 0 heterocycles. The molecule has 2 rings (SSSR count). The van der Waals surface area contributed by atoms with E-state index in [2.05, 4.69) is 42.5 Å².